The zero-order chi connectivity index (χ0) is 15.3. The molecule has 1 nitrogen and oxygen atoms in total. The van der Waals surface area contributed by atoms with Crippen molar-refractivity contribution in [3.05, 3.63) is 71.3 Å². The van der Waals surface area contributed by atoms with Gasteiger partial charge < -0.3 is 5.32 Å². The van der Waals surface area contributed by atoms with Gasteiger partial charge in [0.2, 0.25) is 0 Å². The lowest BCUT2D eigenvalue weighted by Gasteiger charge is -2.19. The molecule has 1 heteroatoms. The summed E-state index contributed by atoms with van der Waals surface area (Å²) in [6.07, 6.45) is 0. The maximum Gasteiger partial charge on any atom is 0.0205 e. The van der Waals surface area contributed by atoms with Gasteiger partial charge in [0.05, 0.1) is 0 Å². The van der Waals surface area contributed by atoms with Crippen molar-refractivity contribution in [1.29, 1.82) is 0 Å². The van der Waals surface area contributed by atoms with E-state index in [0.717, 1.165) is 13.1 Å². The molecule has 21 heavy (non-hydrogen) atoms. The topological polar surface area (TPSA) is 12.0 Å². The van der Waals surface area contributed by atoms with Gasteiger partial charge in [-0.3, -0.25) is 0 Å². The molecule has 112 valence electrons. The summed E-state index contributed by atoms with van der Waals surface area (Å²) < 4.78 is 0. The summed E-state index contributed by atoms with van der Waals surface area (Å²) >= 11 is 0. The average Bonchev–Trinajstić information content (AvgIpc) is 2.47. The van der Waals surface area contributed by atoms with Gasteiger partial charge in [-0.05, 0) is 28.0 Å². The van der Waals surface area contributed by atoms with Crippen LogP contribution in [0.1, 0.15) is 50.3 Å². The molecule has 0 heterocycles. The van der Waals surface area contributed by atoms with Gasteiger partial charge in [0, 0.05) is 13.1 Å². The third kappa shape index (κ3) is 4.71. The normalized spacial score (nSPS) is 13.1. The molecule has 0 aliphatic rings. The summed E-state index contributed by atoms with van der Waals surface area (Å²) in [5.41, 5.74) is 4.37. The van der Waals surface area contributed by atoms with Gasteiger partial charge in [-0.2, -0.15) is 0 Å². The summed E-state index contributed by atoms with van der Waals surface area (Å²) in [4.78, 5) is 0. The number of hydrogen-bond donors (Lipinski definition) is 1. The van der Waals surface area contributed by atoms with Gasteiger partial charge in [-0.15, -0.1) is 0 Å². The average molecular weight is 281 g/mol. The first kappa shape index (κ1) is 15.8. The molecule has 0 spiro atoms. The fourth-order valence-corrected chi connectivity index (χ4v) is 2.46. The first-order chi connectivity index (χ1) is 9.97. The van der Waals surface area contributed by atoms with E-state index in [4.69, 9.17) is 0 Å². The van der Waals surface area contributed by atoms with E-state index in [0.29, 0.717) is 5.92 Å². The van der Waals surface area contributed by atoms with Crippen molar-refractivity contribution in [3.63, 3.8) is 0 Å². The van der Waals surface area contributed by atoms with Crippen molar-refractivity contribution in [2.45, 2.75) is 45.6 Å². The van der Waals surface area contributed by atoms with E-state index in [1.165, 1.54) is 16.7 Å². The van der Waals surface area contributed by atoms with Crippen LogP contribution in [0.25, 0.3) is 0 Å². The molecule has 1 unspecified atom stereocenters. The lowest BCUT2D eigenvalue weighted by Crippen LogP contribution is -2.19. The molecule has 0 amide bonds. The van der Waals surface area contributed by atoms with Crippen LogP contribution in [0.4, 0.5) is 0 Å². The minimum absolute atomic E-state index is 0.230. The first-order valence-electron chi connectivity index (χ1n) is 7.82. The van der Waals surface area contributed by atoms with E-state index in [-0.39, 0.29) is 5.41 Å². The van der Waals surface area contributed by atoms with Crippen molar-refractivity contribution in [1.82, 2.24) is 5.32 Å². The fraction of sp³-hybridized carbons (Fsp3) is 0.400. The minimum Gasteiger partial charge on any atom is -0.312 e. The number of nitrogens with one attached hydrogen (secondary N) is 1. The standard InChI is InChI=1S/C20H27N/c1-16(18-8-6-5-7-9-18)14-21-15-17-10-12-19(13-11-17)20(2,3)4/h5-13,16,21H,14-15H2,1-4H3. The Labute approximate surface area is 129 Å². The lowest BCUT2D eigenvalue weighted by atomic mass is 9.87. The SMILES string of the molecule is CC(CNCc1ccc(C(C)(C)C)cc1)c1ccccc1. The van der Waals surface area contributed by atoms with Gasteiger partial charge in [0.25, 0.3) is 0 Å². The summed E-state index contributed by atoms with van der Waals surface area (Å²) in [7, 11) is 0. The third-order valence-electron chi connectivity index (χ3n) is 3.97. The molecule has 0 fully saturated rings. The van der Waals surface area contributed by atoms with Gasteiger partial charge in [0.1, 0.15) is 0 Å². The molecule has 2 aromatic rings. The predicted octanol–water partition coefficient (Wildman–Crippen LogP) is 4.88. The summed E-state index contributed by atoms with van der Waals surface area (Å²) in [6, 6.07) is 19.7. The van der Waals surface area contributed by atoms with E-state index in [1.807, 2.05) is 0 Å². The van der Waals surface area contributed by atoms with Gasteiger partial charge in [0.15, 0.2) is 0 Å². The predicted molar refractivity (Wildman–Crippen MR) is 91.7 cm³/mol. The first-order valence-corrected chi connectivity index (χ1v) is 7.82. The van der Waals surface area contributed by atoms with Crippen molar-refractivity contribution < 1.29 is 0 Å². The smallest absolute Gasteiger partial charge is 0.0205 e. The van der Waals surface area contributed by atoms with Crippen LogP contribution in [0, 0.1) is 0 Å². The molecule has 0 radical (unpaired) electrons. The summed E-state index contributed by atoms with van der Waals surface area (Å²) in [5.74, 6) is 0.542. The van der Waals surface area contributed by atoms with Crippen molar-refractivity contribution in [2.75, 3.05) is 6.54 Å². The van der Waals surface area contributed by atoms with Crippen molar-refractivity contribution in [2.24, 2.45) is 0 Å². The Morgan fingerprint density at radius 2 is 1.52 bits per heavy atom. The Hall–Kier alpha value is -1.60. The molecule has 0 aliphatic heterocycles. The molecule has 0 saturated heterocycles. The van der Waals surface area contributed by atoms with Crippen LogP contribution in [0.2, 0.25) is 0 Å². The monoisotopic (exact) mass is 281 g/mol. The molecule has 0 saturated carbocycles. The Balaban J connectivity index is 1.84. The van der Waals surface area contributed by atoms with Crippen LogP contribution in [0.15, 0.2) is 54.6 Å². The highest BCUT2D eigenvalue weighted by Gasteiger charge is 2.12. The zero-order valence-electron chi connectivity index (χ0n) is 13.7. The number of rotatable bonds is 5. The summed E-state index contributed by atoms with van der Waals surface area (Å²) in [6.45, 7) is 11.0. The number of hydrogen-bond acceptors (Lipinski definition) is 1. The molecular formula is C20H27N. The second-order valence-electron chi connectivity index (χ2n) is 6.89. The highest BCUT2D eigenvalue weighted by atomic mass is 14.9. The van der Waals surface area contributed by atoms with Crippen LogP contribution in [0.3, 0.4) is 0 Å². The lowest BCUT2D eigenvalue weighted by molar-refractivity contribution is 0.588. The quantitative estimate of drug-likeness (QED) is 0.824. The number of benzene rings is 2. The Morgan fingerprint density at radius 1 is 0.905 bits per heavy atom. The third-order valence-corrected chi connectivity index (χ3v) is 3.97. The van der Waals surface area contributed by atoms with Crippen LogP contribution in [-0.2, 0) is 12.0 Å². The maximum atomic E-state index is 3.56. The highest BCUT2D eigenvalue weighted by molar-refractivity contribution is 5.27. The molecule has 0 aliphatic carbocycles. The van der Waals surface area contributed by atoms with Crippen LogP contribution in [0.5, 0.6) is 0 Å². The summed E-state index contributed by atoms with van der Waals surface area (Å²) in [5, 5.41) is 3.56. The molecule has 2 rings (SSSR count). The Bertz CT molecular complexity index is 534. The molecular weight excluding hydrogens is 254 g/mol. The van der Waals surface area contributed by atoms with E-state index in [1.54, 1.807) is 0 Å². The molecule has 1 atom stereocenters. The second kappa shape index (κ2) is 6.91. The second-order valence-corrected chi connectivity index (χ2v) is 6.89. The zero-order valence-corrected chi connectivity index (χ0v) is 13.7. The maximum absolute atomic E-state index is 3.56. The van der Waals surface area contributed by atoms with Crippen LogP contribution >= 0.6 is 0 Å². The van der Waals surface area contributed by atoms with Gasteiger partial charge >= 0.3 is 0 Å². The molecule has 0 bridgehead atoms. The molecule has 1 N–H and O–H groups in total. The Kier molecular flexibility index (Phi) is 5.19. The van der Waals surface area contributed by atoms with E-state index in [9.17, 15) is 0 Å². The van der Waals surface area contributed by atoms with E-state index < -0.39 is 0 Å². The van der Waals surface area contributed by atoms with Crippen molar-refractivity contribution in [3.8, 4) is 0 Å². The minimum atomic E-state index is 0.230. The molecule has 0 aromatic heterocycles. The van der Waals surface area contributed by atoms with E-state index in [2.05, 4.69) is 87.6 Å². The highest BCUT2D eigenvalue weighted by Crippen LogP contribution is 2.22. The largest absolute Gasteiger partial charge is 0.312 e. The van der Waals surface area contributed by atoms with Gasteiger partial charge in [-0.25, -0.2) is 0 Å². The van der Waals surface area contributed by atoms with E-state index >= 15 is 0 Å². The van der Waals surface area contributed by atoms with Crippen LogP contribution in [-0.4, -0.2) is 6.54 Å². The Morgan fingerprint density at radius 3 is 2.10 bits per heavy atom. The van der Waals surface area contributed by atoms with Crippen molar-refractivity contribution >= 4 is 0 Å². The molecule has 2 aromatic carbocycles. The van der Waals surface area contributed by atoms with Crippen LogP contribution < -0.4 is 5.32 Å². The fourth-order valence-electron chi connectivity index (χ4n) is 2.46. The van der Waals surface area contributed by atoms with Gasteiger partial charge in [-0.1, -0.05) is 82.3 Å².